The van der Waals surface area contributed by atoms with Gasteiger partial charge in [-0.25, -0.2) is 4.98 Å². The van der Waals surface area contributed by atoms with Crippen molar-refractivity contribution in [2.45, 2.75) is 6.54 Å². The third kappa shape index (κ3) is 2.68. The molecule has 1 aromatic carbocycles. The van der Waals surface area contributed by atoms with E-state index >= 15 is 0 Å². The van der Waals surface area contributed by atoms with Crippen molar-refractivity contribution in [1.29, 1.82) is 0 Å². The summed E-state index contributed by atoms with van der Waals surface area (Å²) in [6, 6.07) is 11.5. The molecule has 6 nitrogen and oxygen atoms in total. The van der Waals surface area contributed by atoms with Crippen molar-refractivity contribution in [3.05, 3.63) is 68.2 Å². The van der Waals surface area contributed by atoms with Crippen LogP contribution in [0.4, 0.5) is 5.69 Å². The predicted octanol–water partition coefficient (Wildman–Crippen LogP) is 3.44. The van der Waals surface area contributed by atoms with E-state index in [4.69, 9.17) is 11.6 Å². The average Bonchev–Trinajstić information content (AvgIpc) is 3.25. The molecule has 0 unspecified atom stereocenters. The van der Waals surface area contributed by atoms with Crippen LogP contribution in [0.15, 0.2) is 52.8 Å². The molecule has 0 amide bonds. The molecule has 0 fully saturated rings. The molecule has 0 aliphatic carbocycles. The number of hydrogen-bond donors (Lipinski definition) is 2. The lowest BCUT2D eigenvalue weighted by Gasteiger charge is -2.08. The van der Waals surface area contributed by atoms with Crippen LogP contribution >= 0.6 is 22.9 Å². The molecule has 0 bridgehead atoms. The molecule has 0 radical (unpaired) electrons. The summed E-state index contributed by atoms with van der Waals surface area (Å²) in [5, 5.41) is 9.39. The lowest BCUT2D eigenvalue weighted by Crippen LogP contribution is -2.23. The number of aromatic amines is 1. The summed E-state index contributed by atoms with van der Waals surface area (Å²) in [6.45, 7) is 0.590. The fourth-order valence-electron chi connectivity index (χ4n) is 2.34. The maximum atomic E-state index is 12.5. The molecular weight excluding hydrogens is 346 g/mol. The molecular formula is C16H12ClN5OS. The van der Waals surface area contributed by atoms with E-state index in [1.54, 1.807) is 11.3 Å². The smallest absolute Gasteiger partial charge is 0.295 e. The maximum Gasteiger partial charge on any atom is 0.295 e. The van der Waals surface area contributed by atoms with E-state index in [1.807, 2.05) is 41.8 Å². The number of imidazole rings is 1. The Morgan fingerprint density at radius 3 is 2.92 bits per heavy atom. The highest BCUT2D eigenvalue weighted by molar-refractivity contribution is 7.09. The van der Waals surface area contributed by atoms with Crippen LogP contribution in [0, 0.1) is 0 Å². The van der Waals surface area contributed by atoms with Crippen molar-refractivity contribution in [3.8, 4) is 5.95 Å². The minimum absolute atomic E-state index is 0.0852. The summed E-state index contributed by atoms with van der Waals surface area (Å²) < 4.78 is 1.17. The number of halogens is 1. The number of benzene rings is 1. The van der Waals surface area contributed by atoms with Crippen LogP contribution in [0.25, 0.3) is 17.0 Å². The normalized spacial score (nSPS) is 11.0. The van der Waals surface area contributed by atoms with Crippen LogP contribution in [0.3, 0.4) is 0 Å². The number of H-pyrrole nitrogens is 1. The minimum atomic E-state index is -0.424. The van der Waals surface area contributed by atoms with E-state index in [0.29, 0.717) is 18.2 Å². The first kappa shape index (κ1) is 14.9. The third-order valence-electron chi connectivity index (χ3n) is 3.53. The molecule has 8 heteroatoms. The second-order valence-corrected chi connectivity index (χ2v) is 6.51. The largest absolute Gasteiger partial charge is 0.377 e. The van der Waals surface area contributed by atoms with Crippen LogP contribution < -0.4 is 10.9 Å². The Hall–Kier alpha value is -2.64. The molecule has 3 aromatic heterocycles. The quantitative estimate of drug-likeness (QED) is 0.586. The fourth-order valence-corrected chi connectivity index (χ4v) is 3.18. The van der Waals surface area contributed by atoms with E-state index in [1.165, 1.54) is 10.9 Å². The van der Waals surface area contributed by atoms with Crippen molar-refractivity contribution in [1.82, 2.24) is 19.7 Å². The third-order valence-corrected chi connectivity index (χ3v) is 4.77. The molecule has 4 rings (SSSR count). The molecule has 0 saturated heterocycles. The summed E-state index contributed by atoms with van der Waals surface area (Å²) in [4.78, 5) is 21.1. The van der Waals surface area contributed by atoms with Gasteiger partial charge in [-0.05, 0) is 23.6 Å². The van der Waals surface area contributed by atoms with Crippen LogP contribution in [0.5, 0.6) is 0 Å². The van der Waals surface area contributed by atoms with Gasteiger partial charge in [0.15, 0.2) is 0 Å². The minimum Gasteiger partial charge on any atom is -0.377 e. The molecule has 3 heterocycles. The molecule has 24 heavy (non-hydrogen) atoms. The Morgan fingerprint density at radius 2 is 2.12 bits per heavy atom. The monoisotopic (exact) mass is 357 g/mol. The number of para-hydroxylation sites is 2. The zero-order chi connectivity index (χ0) is 16.5. The highest BCUT2D eigenvalue weighted by atomic mass is 35.5. The van der Waals surface area contributed by atoms with Gasteiger partial charge in [-0.3, -0.25) is 4.79 Å². The van der Waals surface area contributed by atoms with Crippen molar-refractivity contribution in [2.24, 2.45) is 0 Å². The van der Waals surface area contributed by atoms with Gasteiger partial charge >= 0.3 is 0 Å². The van der Waals surface area contributed by atoms with E-state index < -0.39 is 5.56 Å². The van der Waals surface area contributed by atoms with Crippen molar-refractivity contribution in [2.75, 3.05) is 5.32 Å². The zero-order valence-electron chi connectivity index (χ0n) is 12.4. The van der Waals surface area contributed by atoms with Gasteiger partial charge in [0, 0.05) is 11.4 Å². The highest BCUT2D eigenvalue weighted by Crippen LogP contribution is 2.19. The van der Waals surface area contributed by atoms with Crippen LogP contribution in [-0.4, -0.2) is 19.7 Å². The number of anilines is 1. The van der Waals surface area contributed by atoms with E-state index in [9.17, 15) is 4.79 Å². The Balaban J connectivity index is 1.67. The molecule has 4 aromatic rings. The number of nitrogens with one attached hydrogen (secondary N) is 2. The van der Waals surface area contributed by atoms with Crippen LogP contribution in [-0.2, 0) is 6.54 Å². The summed E-state index contributed by atoms with van der Waals surface area (Å²) in [5.41, 5.74) is 1.67. The number of rotatable bonds is 4. The van der Waals surface area contributed by atoms with E-state index in [-0.39, 0.29) is 5.02 Å². The standard InChI is InChI=1S/C16H12ClN5OS/c17-14-13(18-8-10-4-3-7-24-10)9-19-22(15(14)23)16-20-11-5-1-2-6-12(11)21-16/h1-7,9,18H,8H2,(H,20,21). The lowest BCUT2D eigenvalue weighted by atomic mass is 10.3. The molecule has 2 N–H and O–H groups in total. The first-order valence-corrected chi connectivity index (χ1v) is 8.47. The second kappa shape index (κ2) is 6.10. The van der Waals surface area contributed by atoms with E-state index in [2.05, 4.69) is 20.4 Å². The van der Waals surface area contributed by atoms with Crippen molar-refractivity contribution >= 4 is 39.7 Å². The Kier molecular flexibility index (Phi) is 3.79. The van der Waals surface area contributed by atoms with Gasteiger partial charge in [0.2, 0.25) is 5.95 Å². The van der Waals surface area contributed by atoms with Crippen LogP contribution in [0.2, 0.25) is 5.02 Å². The summed E-state index contributed by atoms with van der Waals surface area (Å²) >= 11 is 7.84. The lowest BCUT2D eigenvalue weighted by molar-refractivity contribution is 0.767. The number of thiophene rings is 1. The number of hydrogen-bond acceptors (Lipinski definition) is 5. The van der Waals surface area contributed by atoms with Gasteiger partial charge in [-0.2, -0.15) is 9.78 Å². The molecule has 0 spiro atoms. The Morgan fingerprint density at radius 1 is 1.25 bits per heavy atom. The summed E-state index contributed by atoms with van der Waals surface area (Å²) in [6.07, 6.45) is 1.53. The molecule has 0 atom stereocenters. The Bertz CT molecular complexity index is 1020. The molecule has 0 aliphatic rings. The first-order valence-electron chi connectivity index (χ1n) is 7.21. The van der Waals surface area contributed by atoms with Crippen molar-refractivity contribution < 1.29 is 0 Å². The molecule has 0 aliphatic heterocycles. The highest BCUT2D eigenvalue weighted by Gasteiger charge is 2.13. The summed E-state index contributed by atoms with van der Waals surface area (Å²) in [5.74, 6) is 0.341. The number of nitrogens with zero attached hydrogens (tertiary/aromatic N) is 3. The zero-order valence-corrected chi connectivity index (χ0v) is 13.9. The average molecular weight is 358 g/mol. The van der Waals surface area contributed by atoms with Crippen molar-refractivity contribution in [3.63, 3.8) is 0 Å². The maximum absolute atomic E-state index is 12.5. The number of fused-ring (bicyclic) bond motifs is 1. The van der Waals surface area contributed by atoms with Gasteiger partial charge in [-0.15, -0.1) is 11.3 Å². The first-order chi connectivity index (χ1) is 11.7. The number of aromatic nitrogens is 4. The SMILES string of the molecule is O=c1c(Cl)c(NCc2cccs2)cnn1-c1nc2ccccc2[nH]1. The molecule has 0 saturated carbocycles. The van der Waals surface area contributed by atoms with Gasteiger partial charge < -0.3 is 10.3 Å². The Labute approximate surface area is 145 Å². The fraction of sp³-hybridized carbons (Fsp3) is 0.0625. The molecule has 120 valence electrons. The summed E-state index contributed by atoms with van der Waals surface area (Å²) in [7, 11) is 0. The van der Waals surface area contributed by atoms with E-state index in [0.717, 1.165) is 15.9 Å². The topological polar surface area (TPSA) is 75.6 Å². The van der Waals surface area contributed by atoms with Gasteiger partial charge in [0.05, 0.1) is 22.9 Å². The van der Waals surface area contributed by atoms with Crippen LogP contribution in [0.1, 0.15) is 4.88 Å². The predicted molar refractivity (Wildman–Crippen MR) is 96.1 cm³/mol. The van der Waals surface area contributed by atoms with Gasteiger partial charge in [0.25, 0.3) is 5.56 Å². The van der Waals surface area contributed by atoms with Gasteiger partial charge in [-0.1, -0.05) is 29.8 Å². The second-order valence-electron chi connectivity index (χ2n) is 5.10. The van der Waals surface area contributed by atoms with Gasteiger partial charge in [0.1, 0.15) is 5.02 Å².